The molecule has 1 aliphatic rings. The number of carbonyl (C=O) groups excluding carboxylic acids is 1. The van der Waals surface area contributed by atoms with Crippen molar-refractivity contribution >= 4 is 16.9 Å². The minimum atomic E-state index is -0.524. The van der Waals surface area contributed by atoms with Gasteiger partial charge in [0.25, 0.3) is 5.91 Å². The fraction of sp³-hybridized carbons (Fsp3) is 0.500. The van der Waals surface area contributed by atoms with Crippen molar-refractivity contribution in [3.8, 4) is 5.75 Å². The molecule has 1 N–H and O–H groups in total. The predicted octanol–water partition coefficient (Wildman–Crippen LogP) is 4.03. The molecule has 1 saturated carbocycles. The summed E-state index contributed by atoms with van der Waals surface area (Å²) in [5, 5.41) is 3.74. The van der Waals surface area contributed by atoms with Crippen LogP contribution in [-0.2, 0) is 0 Å². The van der Waals surface area contributed by atoms with Crippen molar-refractivity contribution in [2.75, 3.05) is 6.61 Å². The van der Waals surface area contributed by atoms with E-state index in [9.17, 15) is 9.59 Å². The van der Waals surface area contributed by atoms with Crippen LogP contribution in [-0.4, -0.2) is 18.6 Å². The first-order valence-electron chi connectivity index (χ1n) is 9.19. The maximum atomic E-state index is 12.8. The van der Waals surface area contributed by atoms with Gasteiger partial charge in [-0.25, -0.2) is 4.79 Å². The number of rotatable bonds is 4. The fourth-order valence-corrected chi connectivity index (χ4v) is 3.45. The molecule has 2 aromatic rings. The van der Waals surface area contributed by atoms with Crippen LogP contribution in [0.25, 0.3) is 11.0 Å². The number of benzene rings is 1. The van der Waals surface area contributed by atoms with Gasteiger partial charge in [0.1, 0.15) is 11.3 Å². The monoisotopic (exact) mass is 343 g/mol. The molecular weight excluding hydrogens is 318 g/mol. The summed E-state index contributed by atoms with van der Waals surface area (Å²) < 4.78 is 10.7. The second-order valence-corrected chi connectivity index (χ2v) is 6.59. The summed E-state index contributed by atoms with van der Waals surface area (Å²) in [6, 6.07) is 6.68. The number of hydrogen-bond donors (Lipinski definition) is 1. The molecule has 5 heteroatoms. The number of fused-ring (bicyclic) bond motifs is 1. The molecule has 1 amide bonds. The molecule has 0 unspecified atom stereocenters. The summed E-state index contributed by atoms with van der Waals surface area (Å²) >= 11 is 0. The molecule has 1 fully saturated rings. The zero-order valence-corrected chi connectivity index (χ0v) is 14.7. The van der Waals surface area contributed by atoms with Crippen LogP contribution in [0.3, 0.4) is 0 Å². The molecule has 0 radical (unpaired) electrons. The van der Waals surface area contributed by atoms with Gasteiger partial charge in [0.2, 0.25) is 0 Å². The smallest absolute Gasteiger partial charge is 0.337 e. The van der Waals surface area contributed by atoms with E-state index < -0.39 is 5.63 Å². The third-order valence-corrected chi connectivity index (χ3v) is 4.71. The van der Waals surface area contributed by atoms with Gasteiger partial charge in [-0.05, 0) is 31.9 Å². The third-order valence-electron chi connectivity index (χ3n) is 4.71. The van der Waals surface area contributed by atoms with Crippen LogP contribution in [0.5, 0.6) is 5.75 Å². The zero-order valence-electron chi connectivity index (χ0n) is 14.7. The summed E-state index contributed by atoms with van der Waals surface area (Å²) in [6.45, 7) is 2.41. The minimum absolute atomic E-state index is 0.179. The van der Waals surface area contributed by atoms with Gasteiger partial charge in [-0.1, -0.05) is 32.1 Å². The van der Waals surface area contributed by atoms with E-state index in [1.165, 1.54) is 25.3 Å². The Bertz CT molecular complexity index is 788. The summed E-state index contributed by atoms with van der Waals surface area (Å²) in [5.41, 5.74) is 0.224. The van der Waals surface area contributed by atoms with Gasteiger partial charge in [-0.15, -0.1) is 0 Å². The molecule has 0 atom stereocenters. The van der Waals surface area contributed by atoms with Crippen LogP contribution in [0.2, 0.25) is 0 Å². The highest BCUT2D eigenvalue weighted by molar-refractivity contribution is 6.05. The van der Waals surface area contributed by atoms with E-state index in [4.69, 9.17) is 9.15 Å². The third kappa shape index (κ3) is 4.41. The molecular formula is C20H25NO4. The molecule has 1 aromatic heterocycles. The molecule has 25 heavy (non-hydrogen) atoms. The second-order valence-electron chi connectivity index (χ2n) is 6.59. The maximum absolute atomic E-state index is 12.8. The lowest BCUT2D eigenvalue weighted by Crippen LogP contribution is -2.35. The maximum Gasteiger partial charge on any atom is 0.337 e. The first kappa shape index (κ1) is 17.5. The molecule has 1 aromatic carbocycles. The molecule has 0 saturated heterocycles. The number of amides is 1. The van der Waals surface area contributed by atoms with Gasteiger partial charge in [0.05, 0.1) is 12.2 Å². The Morgan fingerprint density at radius 2 is 1.88 bits per heavy atom. The lowest BCUT2D eigenvalue weighted by atomic mass is 9.96. The molecule has 134 valence electrons. The van der Waals surface area contributed by atoms with Crippen molar-refractivity contribution in [2.24, 2.45) is 0 Å². The van der Waals surface area contributed by atoms with E-state index in [0.717, 1.165) is 25.7 Å². The first-order chi connectivity index (χ1) is 12.2. The Labute approximate surface area is 147 Å². The Hall–Kier alpha value is -2.30. The molecule has 1 aliphatic carbocycles. The van der Waals surface area contributed by atoms with Crippen molar-refractivity contribution in [3.63, 3.8) is 0 Å². The van der Waals surface area contributed by atoms with Gasteiger partial charge in [0.15, 0.2) is 0 Å². The molecule has 1 heterocycles. The molecule has 0 bridgehead atoms. The van der Waals surface area contributed by atoms with Crippen LogP contribution in [0.15, 0.2) is 33.5 Å². The van der Waals surface area contributed by atoms with Crippen molar-refractivity contribution in [3.05, 3.63) is 40.2 Å². The SMILES string of the molecule is CCOc1ccc2c(C(=O)NC3CCCCCCC3)cc(=O)oc2c1. The van der Waals surface area contributed by atoms with Crippen molar-refractivity contribution in [2.45, 2.75) is 57.9 Å². The van der Waals surface area contributed by atoms with Crippen LogP contribution in [0.1, 0.15) is 62.2 Å². The summed E-state index contributed by atoms with van der Waals surface area (Å²) in [5.74, 6) is 0.420. The lowest BCUT2D eigenvalue weighted by Gasteiger charge is -2.21. The van der Waals surface area contributed by atoms with E-state index in [1.54, 1.807) is 18.2 Å². The lowest BCUT2D eigenvalue weighted by molar-refractivity contribution is 0.0931. The highest BCUT2D eigenvalue weighted by Gasteiger charge is 2.18. The largest absolute Gasteiger partial charge is 0.494 e. The topological polar surface area (TPSA) is 68.5 Å². The van der Waals surface area contributed by atoms with Crippen LogP contribution >= 0.6 is 0 Å². The number of ether oxygens (including phenoxy) is 1. The average molecular weight is 343 g/mol. The van der Waals surface area contributed by atoms with E-state index >= 15 is 0 Å². The molecule has 5 nitrogen and oxygen atoms in total. The van der Waals surface area contributed by atoms with Gasteiger partial charge >= 0.3 is 5.63 Å². The van der Waals surface area contributed by atoms with Crippen molar-refractivity contribution in [1.82, 2.24) is 5.32 Å². The fourth-order valence-electron chi connectivity index (χ4n) is 3.45. The highest BCUT2D eigenvalue weighted by Crippen LogP contribution is 2.23. The van der Waals surface area contributed by atoms with Gasteiger partial charge in [-0.2, -0.15) is 0 Å². The number of hydrogen-bond acceptors (Lipinski definition) is 4. The minimum Gasteiger partial charge on any atom is -0.494 e. The number of nitrogens with one attached hydrogen (secondary N) is 1. The van der Waals surface area contributed by atoms with Crippen LogP contribution < -0.4 is 15.7 Å². The van der Waals surface area contributed by atoms with Gasteiger partial charge in [0, 0.05) is 23.6 Å². The second kappa shape index (κ2) is 8.19. The Balaban J connectivity index is 1.85. The average Bonchev–Trinajstić information content (AvgIpc) is 2.56. The van der Waals surface area contributed by atoms with E-state index in [-0.39, 0.29) is 11.9 Å². The van der Waals surface area contributed by atoms with Crippen LogP contribution in [0.4, 0.5) is 0 Å². The summed E-state index contributed by atoms with van der Waals surface area (Å²) in [6.07, 6.45) is 8.02. The Morgan fingerprint density at radius 3 is 2.60 bits per heavy atom. The number of carbonyl (C=O) groups is 1. The highest BCUT2D eigenvalue weighted by atomic mass is 16.5. The van der Waals surface area contributed by atoms with Crippen molar-refractivity contribution < 1.29 is 13.9 Å². The van der Waals surface area contributed by atoms with Crippen molar-refractivity contribution in [1.29, 1.82) is 0 Å². The molecule has 3 rings (SSSR count). The Morgan fingerprint density at radius 1 is 1.16 bits per heavy atom. The first-order valence-corrected chi connectivity index (χ1v) is 9.19. The van der Waals surface area contributed by atoms with E-state index in [2.05, 4.69) is 5.32 Å². The van der Waals surface area contributed by atoms with Crippen LogP contribution in [0, 0.1) is 0 Å². The standard InChI is InChI=1S/C20H25NO4/c1-2-24-15-10-11-16-17(13-19(22)25-18(16)12-15)20(23)21-14-8-6-4-3-5-7-9-14/h10-14H,2-9H2,1H3,(H,21,23). The molecule has 0 spiro atoms. The van der Waals surface area contributed by atoms with E-state index in [1.807, 2.05) is 6.92 Å². The normalized spacial score (nSPS) is 16.2. The Kier molecular flexibility index (Phi) is 5.74. The quantitative estimate of drug-likeness (QED) is 0.851. The van der Waals surface area contributed by atoms with Gasteiger partial charge < -0.3 is 14.5 Å². The van der Waals surface area contributed by atoms with Gasteiger partial charge in [-0.3, -0.25) is 4.79 Å². The molecule has 0 aliphatic heterocycles. The van der Waals surface area contributed by atoms with E-state index in [0.29, 0.717) is 28.9 Å². The summed E-state index contributed by atoms with van der Waals surface area (Å²) in [7, 11) is 0. The zero-order chi connectivity index (χ0) is 17.6. The predicted molar refractivity (Wildman–Crippen MR) is 97.2 cm³/mol. The summed E-state index contributed by atoms with van der Waals surface area (Å²) in [4.78, 5) is 24.6.